The minimum Gasteiger partial charge on any atom is -0.481 e. The maximum Gasteiger partial charge on any atom is 0.317 e. The fourth-order valence-electron chi connectivity index (χ4n) is 2.30. The van der Waals surface area contributed by atoms with E-state index >= 15 is 0 Å². The number of carboxylic acids is 1. The Bertz CT molecular complexity index is 266. The zero-order valence-electron chi connectivity index (χ0n) is 13.2. The molecule has 20 heavy (non-hydrogen) atoms. The maximum atomic E-state index is 11.1. The lowest BCUT2D eigenvalue weighted by Gasteiger charge is -2.27. The molecule has 0 spiro atoms. The van der Waals surface area contributed by atoms with Crippen LogP contribution in [-0.4, -0.2) is 23.1 Å². The van der Waals surface area contributed by atoms with E-state index < -0.39 is 18.4 Å². The third-order valence-corrected chi connectivity index (χ3v) is 3.58. The molecule has 4 heteroatoms. The minimum atomic E-state index is -1.12. The first-order valence-corrected chi connectivity index (χ1v) is 7.94. The maximum absolute atomic E-state index is 11.1. The molecule has 1 N–H and O–H groups in total. The molecule has 0 amide bonds. The van der Waals surface area contributed by atoms with E-state index in [-0.39, 0.29) is 6.10 Å². The fourth-order valence-corrected chi connectivity index (χ4v) is 2.30. The number of carboxylic acid groups (broad SMARTS) is 1. The van der Waals surface area contributed by atoms with Gasteiger partial charge in [0.05, 0.1) is 0 Å². The highest BCUT2D eigenvalue weighted by Gasteiger charge is 2.23. The van der Waals surface area contributed by atoms with Crippen molar-refractivity contribution < 1.29 is 19.4 Å². The normalized spacial score (nSPS) is 21.6. The Hall–Kier alpha value is -1.06. The first-order valence-electron chi connectivity index (χ1n) is 7.94. The summed E-state index contributed by atoms with van der Waals surface area (Å²) in [5.74, 6) is -0.962. The molecule has 0 aromatic heterocycles. The van der Waals surface area contributed by atoms with Crippen LogP contribution in [0.4, 0.5) is 0 Å². The van der Waals surface area contributed by atoms with Crippen LogP contribution in [-0.2, 0) is 14.3 Å². The Kier molecular flexibility index (Phi) is 11.1. The van der Waals surface area contributed by atoms with Gasteiger partial charge in [0.25, 0.3) is 0 Å². The highest BCUT2D eigenvalue weighted by molar-refractivity contribution is 5.90. The largest absolute Gasteiger partial charge is 0.481 e. The van der Waals surface area contributed by atoms with Crippen LogP contribution in [0.25, 0.3) is 0 Å². The Morgan fingerprint density at radius 2 is 1.55 bits per heavy atom. The molecule has 0 radical (unpaired) electrons. The standard InChI is InChI=1S/C12H20O4.C4H10/c1-2-3-9-4-6-10(7-5-9)16-12(15)8-11(13)14;1-3-4-2/h9-10H,2-8H2,1H3,(H,13,14);3-4H2,1-2H3. The van der Waals surface area contributed by atoms with Gasteiger partial charge in [-0.05, 0) is 31.6 Å². The van der Waals surface area contributed by atoms with E-state index in [2.05, 4.69) is 20.8 Å². The summed E-state index contributed by atoms with van der Waals surface area (Å²) in [6.07, 6.45) is 8.47. The molecule has 1 rings (SSSR count). The molecule has 0 aliphatic heterocycles. The summed E-state index contributed by atoms with van der Waals surface area (Å²) in [7, 11) is 0. The first kappa shape index (κ1) is 18.9. The van der Waals surface area contributed by atoms with Crippen LogP contribution in [0.3, 0.4) is 0 Å². The van der Waals surface area contributed by atoms with Gasteiger partial charge >= 0.3 is 11.9 Å². The Balaban J connectivity index is 0.000000796. The van der Waals surface area contributed by atoms with Crippen molar-refractivity contribution in [2.45, 2.75) is 84.7 Å². The lowest BCUT2D eigenvalue weighted by atomic mass is 9.85. The van der Waals surface area contributed by atoms with Crippen molar-refractivity contribution in [3.05, 3.63) is 0 Å². The topological polar surface area (TPSA) is 63.6 Å². The summed E-state index contributed by atoms with van der Waals surface area (Å²) in [6, 6.07) is 0. The molecule has 0 atom stereocenters. The van der Waals surface area contributed by atoms with E-state index in [1.54, 1.807) is 0 Å². The second-order valence-electron chi connectivity index (χ2n) is 5.49. The summed E-state index contributed by atoms with van der Waals surface area (Å²) in [5.41, 5.74) is 0. The van der Waals surface area contributed by atoms with Gasteiger partial charge in [-0.25, -0.2) is 0 Å². The summed E-state index contributed by atoms with van der Waals surface area (Å²) < 4.78 is 5.11. The molecule has 1 aliphatic rings. The Morgan fingerprint density at radius 3 is 1.95 bits per heavy atom. The molecule has 4 nitrogen and oxygen atoms in total. The number of hydrogen-bond acceptors (Lipinski definition) is 3. The zero-order valence-corrected chi connectivity index (χ0v) is 13.2. The predicted octanol–water partition coefficient (Wildman–Crippen LogP) is 4.17. The van der Waals surface area contributed by atoms with Gasteiger partial charge in [0.1, 0.15) is 12.5 Å². The van der Waals surface area contributed by atoms with Gasteiger partial charge in [0.15, 0.2) is 0 Å². The summed E-state index contributed by atoms with van der Waals surface area (Å²) in [4.78, 5) is 21.4. The van der Waals surface area contributed by atoms with Gasteiger partial charge in [-0.2, -0.15) is 0 Å². The van der Waals surface area contributed by atoms with Gasteiger partial charge in [-0.1, -0.05) is 46.5 Å². The quantitative estimate of drug-likeness (QED) is 0.588. The number of rotatable bonds is 6. The number of unbranched alkanes of at least 4 members (excludes halogenated alkanes) is 1. The lowest BCUT2D eigenvalue weighted by molar-refractivity contribution is -0.156. The lowest BCUT2D eigenvalue weighted by Crippen LogP contribution is -2.25. The second kappa shape index (κ2) is 11.7. The summed E-state index contributed by atoms with van der Waals surface area (Å²) in [6.45, 7) is 6.54. The number of esters is 1. The van der Waals surface area contributed by atoms with Crippen molar-refractivity contribution >= 4 is 11.9 Å². The molecule has 1 saturated carbocycles. The second-order valence-corrected chi connectivity index (χ2v) is 5.49. The van der Waals surface area contributed by atoms with E-state index in [1.165, 1.54) is 25.7 Å². The van der Waals surface area contributed by atoms with Crippen molar-refractivity contribution in [2.75, 3.05) is 0 Å². The molecule has 1 fully saturated rings. The van der Waals surface area contributed by atoms with Crippen molar-refractivity contribution in [1.29, 1.82) is 0 Å². The van der Waals surface area contributed by atoms with Gasteiger partial charge in [0.2, 0.25) is 0 Å². The summed E-state index contributed by atoms with van der Waals surface area (Å²) in [5, 5.41) is 8.42. The van der Waals surface area contributed by atoms with Crippen molar-refractivity contribution in [1.82, 2.24) is 0 Å². The van der Waals surface area contributed by atoms with Crippen molar-refractivity contribution in [2.24, 2.45) is 5.92 Å². The predicted molar refractivity (Wildman–Crippen MR) is 79.6 cm³/mol. The molecule has 118 valence electrons. The number of carbonyl (C=O) groups excluding carboxylic acids is 1. The average molecular weight is 286 g/mol. The zero-order chi connectivity index (χ0) is 15.4. The minimum absolute atomic E-state index is 0.0556. The average Bonchev–Trinajstić information content (AvgIpc) is 2.40. The van der Waals surface area contributed by atoms with E-state index in [0.29, 0.717) is 0 Å². The van der Waals surface area contributed by atoms with Crippen LogP contribution < -0.4 is 0 Å². The van der Waals surface area contributed by atoms with Gasteiger partial charge in [-0.3, -0.25) is 9.59 Å². The van der Waals surface area contributed by atoms with E-state index in [9.17, 15) is 9.59 Å². The molecule has 1 aliphatic carbocycles. The molecule has 0 aromatic rings. The SMILES string of the molecule is CCCC.CCCC1CCC(OC(=O)CC(=O)O)CC1. The van der Waals surface area contributed by atoms with Crippen LogP contribution in [0.5, 0.6) is 0 Å². The molecular formula is C16H30O4. The Morgan fingerprint density at radius 1 is 1.00 bits per heavy atom. The number of carbonyl (C=O) groups is 2. The fraction of sp³-hybridized carbons (Fsp3) is 0.875. The first-order chi connectivity index (χ1) is 9.53. The van der Waals surface area contributed by atoms with Gasteiger partial charge in [0, 0.05) is 0 Å². The number of hydrogen-bond donors (Lipinski definition) is 1. The molecule has 0 bridgehead atoms. The molecule has 0 aromatic carbocycles. The highest BCUT2D eigenvalue weighted by Crippen LogP contribution is 2.29. The van der Waals surface area contributed by atoms with E-state index in [4.69, 9.17) is 9.84 Å². The van der Waals surface area contributed by atoms with Gasteiger partial charge in [-0.15, -0.1) is 0 Å². The number of ether oxygens (including phenoxy) is 1. The monoisotopic (exact) mass is 286 g/mol. The van der Waals surface area contributed by atoms with Crippen LogP contribution in [0.1, 0.15) is 78.6 Å². The Labute approximate surface area is 122 Å². The number of aliphatic carboxylic acids is 1. The highest BCUT2D eigenvalue weighted by atomic mass is 16.5. The van der Waals surface area contributed by atoms with Crippen LogP contribution >= 0.6 is 0 Å². The van der Waals surface area contributed by atoms with Gasteiger partial charge < -0.3 is 9.84 Å². The third-order valence-electron chi connectivity index (χ3n) is 3.58. The van der Waals surface area contributed by atoms with E-state index in [1.807, 2.05) is 0 Å². The van der Waals surface area contributed by atoms with Crippen LogP contribution in [0, 0.1) is 5.92 Å². The van der Waals surface area contributed by atoms with E-state index in [0.717, 1.165) is 31.6 Å². The molecule has 0 heterocycles. The van der Waals surface area contributed by atoms with Crippen LogP contribution in [0.2, 0.25) is 0 Å². The van der Waals surface area contributed by atoms with Crippen molar-refractivity contribution in [3.63, 3.8) is 0 Å². The smallest absolute Gasteiger partial charge is 0.317 e. The molecular weight excluding hydrogens is 256 g/mol. The van der Waals surface area contributed by atoms with Crippen LogP contribution in [0.15, 0.2) is 0 Å². The summed E-state index contributed by atoms with van der Waals surface area (Å²) >= 11 is 0. The molecule has 0 unspecified atom stereocenters. The third kappa shape index (κ3) is 9.82. The molecule has 0 saturated heterocycles. The van der Waals surface area contributed by atoms with Crippen molar-refractivity contribution in [3.8, 4) is 0 Å².